The summed E-state index contributed by atoms with van der Waals surface area (Å²) in [5.41, 5.74) is 1.08. The molecule has 0 spiro atoms. The minimum Gasteiger partial charge on any atom is -0.311 e. The van der Waals surface area contributed by atoms with Crippen molar-refractivity contribution >= 4 is 0 Å². The lowest BCUT2D eigenvalue weighted by Gasteiger charge is -2.08. The maximum absolute atomic E-state index is 11.9. The third-order valence-electron chi connectivity index (χ3n) is 2.61. The van der Waals surface area contributed by atoms with Gasteiger partial charge in [0, 0.05) is 25.7 Å². The van der Waals surface area contributed by atoms with Crippen LogP contribution in [0, 0.1) is 0 Å². The van der Waals surface area contributed by atoms with Gasteiger partial charge in [0.2, 0.25) is 0 Å². The molecule has 1 aromatic rings. The number of hydrogen-bond donors (Lipinski definition) is 1. The Kier molecular flexibility index (Phi) is 6.18. The van der Waals surface area contributed by atoms with Gasteiger partial charge in [-0.3, -0.25) is 4.68 Å². The number of aryl methyl sites for hydroxylation is 1. The lowest BCUT2D eigenvalue weighted by Crippen LogP contribution is -2.18. The van der Waals surface area contributed by atoms with E-state index in [4.69, 9.17) is 0 Å². The summed E-state index contributed by atoms with van der Waals surface area (Å²) >= 11 is 0. The first-order chi connectivity index (χ1) is 8.53. The summed E-state index contributed by atoms with van der Waals surface area (Å²) in [6.45, 7) is 4.22. The average Bonchev–Trinajstić information content (AvgIpc) is 2.70. The number of nitrogens with one attached hydrogen (secondary N) is 1. The lowest BCUT2D eigenvalue weighted by molar-refractivity contribution is -0.135. The highest BCUT2D eigenvalue weighted by Gasteiger charge is 2.25. The van der Waals surface area contributed by atoms with Gasteiger partial charge in [0.15, 0.2) is 0 Å². The number of halogens is 3. The van der Waals surface area contributed by atoms with Crippen LogP contribution in [-0.4, -0.2) is 22.5 Å². The third-order valence-corrected chi connectivity index (χ3v) is 2.61. The molecule has 1 heterocycles. The van der Waals surface area contributed by atoms with Crippen molar-refractivity contribution in [2.75, 3.05) is 6.54 Å². The number of nitrogens with zero attached hydrogens (tertiary/aromatic N) is 2. The summed E-state index contributed by atoms with van der Waals surface area (Å²) in [7, 11) is 0. The molecule has 0 atom stereocenters. The second-order valence-corrected chi connectivity index (χ2v) is 4.29. The van der Waals surface area contributed by atoms with Crippen LogP contribution in [0.25, 0.3) is 0 Å². The first-order valence-corrected chi connectivity index (χ1v) is 6.31. The smallest absolute Gasteiger partial charge is 0.311 e. The van der Waals surface area contributed by atoms with Crippen LogP contribution in [-0.2, 0) is 13.1 Å². The highest BCUT2D eigenvalue weighted by molar-refractivity contribution is 4.99. The predicted molar refractivity (Wildman–Crippen MR) is 64.1 cm³/mol. The van der Waals surface area contributed by atoms with Crippen LogP contribution in [0.2, 0.25) is 0 Å². The molecule has 104 valence electrons. The van der Waals surface area contributed by atoms with E-state index < -0.39 is 12.6 Å². The Labute approximate surface area is 105 Å². The van der Waals surface area contributed by atoms with Gasteiger partial charge in [-0.25, -0.2) is 0 Å². The Morgan fingerprint density at radius 3 is 2.78 bits per heavy atom. The van der Waals surface area contributed by atoms with Crippen LogP contribution < -0.4 is 5.32 Å². The fourth-order valence-corrected chi connectivity index (χ4v) is 1.72. The van der Waals surface area contributed by atoms with Gasteiger partial charge < -0.3 is 5.32 Å². The average molecular weight is 263 g/mol. The first-order valence-electron chi connectivity index (χ1n) is 6.31. The quantitative estimate of drug-likeness (QED) is 0.730. The molecule has 0 fully saturated rings. The number of rotatable bonds is 8. The monoisotopic (exact) mass is 263 g/mol. The van der Waals surface area contributed by atoms with E-state index in [0.29, 0.717) is 19.5 Å². The molecular formula is C12H20F3N3. The van der Waals surface area contributed by atoms with E-state index in [1.807, 2.05) is 10.7 Å². The van der Waals surface area contributed by atoms with Gasteiger partial charge in [-0.2, -0.15) is 18.3 Å². The number of aromatic nitrogens is 2. The van der Waals surface area contributed by atoms with E-state index in [2.05, 4.69) is 17.3 Å². The molecule has 18 heavy (non-hydrogen) atoms. The fourth-order valence-electron chi connectivity index (χ4n) is 1.72. The van der Waals surface area contributed by atoms with Crippen LogP contribution in [0.3, 0.4) is 0 Å². The van der Waals surface area contributed by atoms with Crippen LogP contribution in [0.5, 0.6) is 0 Å². The Morgan fingerprint density at radius 1 is 1.33 bits per heavy atom. The molecule has 0 amide bonds. The standard InChI is InChI=1S/C12H20F3N3/c1-2-9-18-11(5-8-17-18)10-16-7-4-3-6-12(13,14)15/h5,8,16H,2-4,6-7,9-10H2,1H3. The summed E-state index contributed by atoms with van der Waals surface area (Å²) in [5.74, 6) is 0. The Hall–Kier alpha value is -1.04. The lowest BCUT2D eigenvalue weighted by atomic mass is 10.2. The van der Waals surface area contributed by atoms with Crippen LogP contribution in [0.15, 0.2) is 12.3 Å². The largest absolute Gasteiger partial charge is 0.389 e. The zero-order valence-corrected chi connectivity index (χ0v) is 10.6. The van der Waals surface area contributed by atoms with E-state index in [1.54, 1.807) is 6.20 Å². The topological polar surface area (TPSA) is 29.9 Å². The molecule has 1 aromatic heterocycles. The molecule has 0 unspecified atom stereocenters. The summed E-state index contributed by atoms with van der Waals surface area (Å²) in [5, 5.41) is 7.33. The third kappa shape index (κ3) is 6.05. The molecule has 0 bridgehead atoms. The van der Waals surface area contributed by atoms with Crippen molar-refractivity contribution in [2.45, 2.75) is 51.9 Å². The summed E-state index contributed by atoms with van der Waals surface area (Å²) in [6, 6.07) is 1.93. The van der Waals surface area contributed by atoms with Crippen molar-refractivity contribution in [3.05, 3.63) is 18.0 Å². The van der Waals surface area contributed by atoms with E-state index >= 15 is 0 Å². The van der Waals surface area contributed by atoms with Gasteiger partial charge in [0.05, 0.1) is 5.69 Å². The highest BCUT2D eigenvalue weighted by Crippen LogP contribution is 2.21. The van der Waals surface area contributed by atoms with Crippen molar-refractivity contribution in [3.63, 3.8) is 0 Å². The van der Waals surface area contributed by atoms with Crippen LogP contribution >= 0.6 is 0 Å². The normalized spacial score (nSPS) is 12.0. The second-order valence-electron chi connectivity index (χ2n) is 4.29. The zero-order valence-electron chi connectivity index (χ0n) is 10.6. The summed E-state index contributed by atoms with van der Waals surface area (Å²) in [4.78, 5) is 0. The van der Waals surface area contributed by atoms with Gasteiger partial charge in [0.25, 0.3) is 0 Å². The van der Waals surface area contributed by atoms with Gasteiger partial charge >= 0.3 is 6.18 Å². The molecule has 1 N–H and O–H groups in total. The van der Waals surface area contributed by atoms with Crippen molar-refractivity contribution < 1.29 is 13.2 Å². The second kappa shape index (κ2) is 7.41. The molecule has 0 saturated heterocycles. The number of hydrogen-bond acceptors (Lipinski definition) is 2. The van der Waals surface area contributed by atoms with E-state index in [-0.39, 0.29) is 6.42 Å². The Balaban J connectivity index is 2.12. The highest BCUT2D eigenvalue weighted by atomic mass is 19.4. The zero-order chi connectivity index (χ0) is 13.4. The predicted octanol–water partition coefficient (Wildman–Crippen LogP) is 3.12. The van der Waals surface area contributed by atoms with E-state index in [9.17, 15) is 13.2 Å². The SMILES string of the molecule is CCCn1nccc1CNCCCCC(F)(F)F. The summed E-state index contributed by atoms with van der Waals surface area (Å²) < 4.78 is 37.6. The van der Waals surface area contributed by atoms with E-state index in [1.165, 1.54) is 0 Å². The Morgan fingerprint density at radius 2 is 2.11 bits per heavy atom. The molecule has 0 aromatic carbocycles. The maximum atomic E-state index is 11.9. The molecule has 0 aliphatic heterocycles. The summed E-state index contributed by atoms with van der Waals surface area (Å²) in [6.07, 6.45) is -1.23. The number of alkyl halides is 3. The molecule has 0 radical (unpaired) electrons. The maximum Gasteiger partial charge on any atom is 0.389 e. The first kappa shape index (κ1) is 15.0. The molecule has 6 heteroatoms. The molecule has 0 aliphatic carbocycles. The molecule has 1 rings (SSSR count). The van der Waals surface area contributed by atoms with Crippen molar-refractivity contribution in [1.29, 1.82) is 0 Å². The van der Waals surface area contributed by atoms with Crippen LogP contribution in [0.1, 0.15) is 38.3 Å². The van der Waals surface area contributed by atoms with Gasteiger partial charge in [-0.05, 0) is 31.9 Å². The Bertz CT molecular complexity index is 334. The molecular weight excluding hydrogens is 243 g/mol. The van der Waals surface area contributed by atoms with Crippen LogP contribution in [0.4, 0.5) is 13.2 Å². The fraction of sp³-hybridized carbons (Fsp3) is 0.750. The van der Waals surface area contributed by atoms with Crippen molar-refractivity contribution in [3.8, 4) is 0 Å². The van der Waals surface area contributed by atoms with Crippen molar-refractivity contribution in [1.82, 2.24) is 15.1 Å². The minimum atomic E-state index is -4.03. The van der Waals surface area contributed by atoms with Gasteiger partial charge in [0.1, 0.15) is 0 Å². The van der Waals surface area contributed by atoms with Gasteiger partial charge in [-0.1, -0.05) is 6.92 Å². The molecule has 0 saturated carbocycles. The van der Waals surface area contributed by atoms with E-state index in [0.717, 1.165) is 18.7 Å². The molecule has 3 nitrogen and oxygen atoms in total. The van der Waals surface area contributed by atoms with Crippen molar-refractivity contribution in [2.24, 2.45) is 0 Å². The van der Waals surface area contributed by atoms with Gasteiger partial charge in [-0.15, -0.1) is 0 Å². The minimum absolute atomic E-state index is 0.185. The molecule has 0 aliphatic rings. The number of unbranched alkanes of at least 4 members (excludes halogenated alkanes) is 1.